The Morgan fingerprint density at radius 1 is 1.35 bits per heavy atom. The molecule has 0 N–H and O–H groups in total. The quantitative estimate of drug-likeness (QED) is 0.789. The average molecular weight is 359 g/mol. The molecule has 1 aromatic heterocycles. The number of morpholine rings is 1. The maximum absolute atomic E-state index is 12.8. The second kappa shape index (κ2) is 8.31. The molecule has 2 heterocycles. The molecule has 0 bridgehead atoms. The summed E-state index contributed by atoms with van der Waals surface area (Å²) in [4.78, 5) is 18.7. The minimum Gasteiger partial charge on any atom is -0.494 e. The van der Waals surface area contributed by atoms with Crippen molar-refractivity contribution in [3.63, 3.8) is 0 Å². The van der Waals surface area contributed by atoms with Gasteiger partial charge in [0.25, 0.3) is 5.91 Å². The summed E-state index contributed by atoms with van der Waals surface area (Å²) in [5.41, 5.74) is 0.631. The van der Waals surface area contributed by atoms with Crippen LogP contribution in [0.4, 0.5) is 0 Å². The summed E-state index contributed by atoms with van der Waals surface area (Å²) in [6, 6.07) is 7.29. The molecule has 0 radical (unpaired) electrons. The van der Waals surface area contributed by atoms with Gasteiger partial charge in [-0.15, -0.1) is 0 Å². The molecule has 1 atom stereocenters. The molecule has 26 heavy (non-hydrogen) atoms. The van der Waals surface area contributed by atoms with Crippen molar-refractivity contribution in [3.05, 3.63) is 41.5 Å². The van der Waals surface area contributed by atoms with Crippen molar-refractivity contribution in [1.29, 1.82) is 0 Å². The van der Waals surface area contributed by atoms with Crippen molar-refractivity contribution in [2.75, 3.05) is 26.3 Å². The van der Waals surface area contributed by atoms with Crippen LogP contribution >= 0.6 is 0 Å². The van der Waals surface area contributed by atoms with E-state index in [4.69, 9.17) is 14.0 Å². The third-order valence-corrected chi connectivity index (χ3v) is 4.25. The number of aryl methyl sites for hydroxylation is 1. The number of aromatic nitrogens is 2. The molecule has 1 unspecified atom stereocenters. The Balaban J connectivity index is 1.59. The number of carbonyl (C=O) groups excluding carboxylic acids is 1. The maximum atomic E-state index is 12.8. The predicted molar refractivity (Wildman–Crippen MR) is 95.0 cm³/mol. The van der Waals surface area contributed by atoms with E-state index in [0.29, 0.717) is 49.5 Å². The highest BCUT2D eigenvalue weighted by Gasteiger charge is 2.29. The van der Waals surface area contributed by atoms with Gasteiger partial charge in [-0.2, -0.15) is 4.98 Å². The highest BCUT2D eigenvalue weighted by Crippen LogP contribution is 2.22. The maximum Gasteiger partial charge on any atom is 0.254 e. The largest absolute Gasteiger partial charge is 0.494 e. The molecule has 1 aliphatic rings. The number of hydrogen-bond acceptors (Lipinski definition) is 6. The number of benzene rings is 1. The van der Waals surface area contributed by atoms with Crippen LogP contribution in [0.3, 0.4) is 0 Å². The third kappa shape index (κ3) is 4.60. The number of ether oxygens (including phenoxy) is 2. The zero-order chi connectivity index (χ0) is 18.5. The molecule has 1 saturated heterocycles. The highest BCUT2D eigenvalue weighted by molar-refractivity contribution is 5.94. The van der Waals surface area contributed by atoms with Gasteiger partial charge in [-0.3, -0.25) is 4.79 Å². The molecule has 0 aliphatic carbocycles. The van der Waals surface area contributed by atoms with Crippen LogP contribution < -0.4 is 4.74 Å². The van der Waals surface area contributed by atoms with Crippen LogP contribution in [0, 0.1) is 12.8 Å². The second-order valence-corrected chi connectivity index (χ2v) is 6.84. The third-order valence-electron chi connectivity index (χ3n) is 4.25. The predicted octanol–water partition coefficient (Wildman–Crippen LogP) is 3.02. The van der Waals surface area contributed by atoms with Crippen molar-refractivity contribution in [2.24, 2.45) is 5.92 Å². The van der Waals surface area contributed by atoms with Crippen molar-refractivity contribution >= 4 is 5.91 Å². The van der Waals surface area contributed by atoms with E-state index >= 15 is 0 Å². The number of nitrogens with zero attached hydrogens (tertiary/aromatic N) is 3. The van der Waals surface area contributed by atoms with E-state index in [9.17, 15) is 4.79 Å². The lowest BCUT2D eigenvalue weighted by atomic mass is 10.1. The molecular formula is C19H25N3O4. The van der Waals surface area contributed by atoms with Gasteiger partial charge >= 0.3 is 0 Å². The fourth-order valence-corrected chi connectivity index (χ4v) is 2.72. The number of amides is 1. The number of carbonyl (C=O) groups is 1. The number of hydrogen-bond donors (Lipinski definition) is 0. The normalized spacial score (nSPS) is 17.5. The Kier molecular flexibility index (Phi) is 5.88. The minimum absolute atomic E-state index is 0.0350. The summed E-state index contributed by atoms with van der Waals surface area (Å²) < 4.78 is 16.4. The summed E-state index contributed by atoms with van der Waals surface area (Å²) in [6.07, 6.45) is 0.648. The topological polar surface area (TPSA) is 77.7 Å². The molecule has 0 saturated carbocycles. The molecule has 2 aromatic rings. The van der Waals surface area contributed by atoms with Gasteiger partial charge in [0, 0.05) is 19.0 Å². The van der Waals surface area contributed by atoms with Gasteiger partial charge in [0.05, 0.1) is 19.8 Å². The van der Waals surface area contributed by atoms with E-state index in [0.717, 1.165) is 12.2 Å². The second-order valence-electron chi connectivity index (χ2n) is 6.84. The Hall–Kier alpha value is -2.41. The van der Waals surface area contributed by atoms with Gasteiger partial charge in [0.2, 0.25) is 11.7 Å². The zero-order valence-electron chi connectivity index (χ0n) is 15.5. The molecule has 7 nitrogen and oxygen atoms in total. The van der Waals surface area contributed by atoms with E-state index in [-0.39, 0.29) is 12.0 Å². The van der Waals surface area contributed by atoms with Gasteiger partial charge in [-0.1, -0.05) is 19.0 Å². The first kappa shape index (κ1) is 18.4. The lowest BCUT2D eigenvalue weighted by molar-refractivity contribution is -0.0276. The van der Waals surface area contributed by atoms with E-state index < -0.39 is 0 Å². The Bertz CT molecular complexity index is 727. The molecular weight excluding hydrogens is 334 g/mol. The molecule has 1 amide bonds. The molecule has 7 heteroatoms. The SMILES string of the molecule is Cc1nc(C2CN(C(=O)c3ccc(OCCC(C)C)cc3)CCO2)no1. The standard InChI is InChI=1S/C19H25N3O4/c1-13(2)8-10-24-16-6-4-15(5-7-16)19(23)22-9-11-25-17(12-22)18-20-14(3)26-21-18/h4-7,13,17H,8-12H2,1-3H3. The molecule has 1 fully saturated rings. The lowest BCUT2D eigenvalue weighted by Gasteiger charge is -2.31. The van der Waals surface area contributed by atoms with Crippen LogP contribution in [0.2, 0.25) is 0 Å². The van der Waals surface area contributed by atoms with Gasteiger partial charge in [-0.05, 0) is 36.6 Å². The van der Waals surface area contributed by atoms with Crippen LogP contribution in [-0.4, -0.2) is 47.3 Å². The Morgan fingerprint density at radius 3 is 2.77 bits per heavy atom. The fourth-order valence-electron chi connectivity index (χ4n) is 2.72. The summed E-state index contributed by atoms with van der Waals surface area (Å²) in [7, 11) is 0. The van der Waals surface area contributed by atoms with Crippen molar-refractivity contribution in [1.82, 2.24) is 15.0 Å². The van der Waals surface area contributed by atoms with Crippen LogP contribution in [0.15, 0.2) is 28.8 Å². The summed E-state index contributed by atoms with van der Waals surface area (Å²) in [6.45, 7) is 8.13. The van der Waals surface area contributed by atoms with Crippen LogP contribution in [0.25, 0.3) is 0 Å². The van der Waals surface area contributed by atoms with E-state index in [2.05, 4.69) is 24.0 Å². The molecule has 3 rings (SSSR count). The van der Waals surface area contributed by atoms with Gasteiger partial charge in [0.1, 0.15) is 11.9 Å². The Morgan fingerprint density at radius 2 is 2.12 bits per heavy atom. The van der Waals surface area contributed by atoms with Gasteiger partial charge in [-0.25, -0.2) is 0 Å². The van der Waals surface area contributed by atoms with Crippen molar-refractivity contribution < 1.29 is 18.8 Å². The highest BCUT2D eigenvalue weighted by atomic mass is 16.5. The van der Waals surface area contributed by atoms with Crippen molar-refractivity contribution in [2.45, 2.75) is 33.3 Å². The summed E-state index contributed by atoms with van der Waals surface area (Å²) >= 11 is 0. The van der Waals surface area contributed by atoms with E-state index in [1.54, 1.807) is 24.0 Å². The lowest BCUT2D eigenvalue weighted by Crippen LogP contribution is -2.42. The van der Waals surface area contributed by atoms with Crippen LogP contribution in [0.5, 0.6) is 5.75 Å². The first-order valence-electron chi connectivity index (χ1n) is 8.97. The Labute approximate surface area is 153 Å². The minimum atomic E-state index is -0.358. The smallest absolute Gasteiger partial charge is 0.254 e. The van der Waals surface area contributed by atoms with Crippen LogP contribution in [-0.2, 0) is 4.74 Å². The average Bonchev–Trinajstić information content (AvgIpc) is 3.08. The first-order valence-corrected chi connectivity index (χ1v) is 8.97. The van der Waals surface area contributed by atoms with Gasteiger partial charge < -0.3 is 18.9 Å². The fraction of sp³-hybridized carbons (Fsp3) is 0.526. The van der Waals surface area contributed by atoms with E-state index in [1.165, 1.54) is 0 Å². The monoisotopic (exact) mass is 359 g/mol. The van der Waals surface area contributed by atoms with Crippen molar-refractivity contribution in [3.8, 4) is 5.75 Å². The molecule has 1 aliphatic heterocycles. The number of rotatable bonds is 6. The zero-order valence-corrected chi connectivity index (χ0v) is 15.5. The van der Waals surface area contributed by atoms with E-state index in [1.807, 2.05) is 12.1 Å². The van der Waals surface area contributed by atoms with Crippen LogP contribution in [0.1, 0.15) is 48.4 Å². The molecule has 1 aromatic carbocycles. The molecule has 0 spiro atoms. The first-order chi connectivity index (χ1) is 12.5. The summed E-state index contributed by atoms with van der Waals surface area (Å²) in [5.74, 6) is 2.32. The summed E-state index contributed by atoms with van der Waals surface area (Å²) in [5, 5.41) is 3.89. The molecule has 140 valence electrons. The van der Waals surface area contributed by atoms with Gasteiger partial charge in [0.15, 0.2) is 0 Å².